The van der Waals surface area contributed by atoms with Crippen LogP contribution in [0.15, 0.2) is 11.6 Å². The van der Waals surface area contributed by atoms with Gasteiger partial charge in [0.05, 0.1) is 19.6 Å². The van der Waals surface area contributed by atoms with Gasteiger partial charge in [-0.25, -0.2) is 4.79 Å². The molecule has 0 aromatic carbocycles. The van der Waals surface area contributed by atoms with Gasteiger partial charge >= 0.3 is 11.9 Å². The molecule has 0 saturated heterocycles. The molecule has 0 radical (unpaired) electrons. The van der Waals surface area contributed by atoms with E-state index in [0.717, 1.165) is 0 Å². The van der Waals surface area contributed by atoms with Gasteiger partial charge in [-0.2, -0.15) is 0 Å². The quantitative estimate of drug-likeness (QED) is 0.516. The third kappa shape index (κ3) is 6.22. The zero-order valence-electron chi connectivity index (χ0n) is 10.4. The Bertz CT molecular complexity index is 266. The van der Waals surface area contributed by atoms with E-state index < -0.39 is 11.9 Å². The Hall–Kier alpha value is -1.32. The fourth-order valence-corrected chi connectivity index (χ4v) is 1.19. The van der Waals surface area contributed by atoms with Crippen molar-refractivity contribution in [2.75, 3.05) is 13.2 Å². The maximum absolute atomic E-state index is 11.5. The summed E-state index contributed by atoms with van der Waals surface area (Å²) in [6.07, 6.45) is 1.71. The van der Waals surface area contributed by atoms with E-state index in [-0.39, 0.29) is 12.3 Å². The number of rotatable bonds is 6. The molecule has 0 aliphatic carbocycles. The molecule has 0 unspecified atom stereocenters. The average Bonchev–Trinajstić information content (AvgIpc) is 2.16. The SMILES string of the molecule is CCOC(=O)CC(=CC(C)C)C(=O)OCC. The average molecular weight is 228 g/mol. The maximum Gasteiger partial charge on any atom is 0.334 e. The Morgan fingerprint density at radius 3 is 2.12 bits per heavy atom. The molecule has 4 nitrogen and oxygen atoms in total. The van der Waals surface area contributed by atoms with Crippen molar-refractivity contribution in [3.63, 3.8) is 0 Å². The molecule has 0 aliphatic rings. The second kappa shape index (κ2) is 7.91. The minimum absolute atomic E-state index is 0.0230. The molecule has 0 fully saturated rings. The zero-order chi connectivity index (χ0) is 12.6. The van der Waals surface area contributed by atoms with Crippen molar-refractivity contribution in [1.29, 1.82) is 0 Å². The van der Waals surface area contributed by atoms with Crippen LogP contribution in [-0.4, -0.2) is 25.2 Å². The van der Waals surface area contributed by atoms with E-state index in [2.05, 4.69) is 0 Å². The van der Waals surface area contributed by atoms with Crippen LogP contribution in [0, 0.1) is 5.92 Å². The number of carbonyl (C=O) groups is 2. The van der Waals surface area contributed by atoms with E-state index >= 15 is 0 Å². The summed E-state index contributed by atoms with van der Waals surface area (Å²) in [5, 5.41) is 0. The first-order valence-electron chi connectivity index (χ1n) is 5.54. The molecule has 0 heterocycles. The zero-order valence-corrected chi connectivity index (χ0v) is 10.4. The fourth-order valence-electron chi connectivity index (χ4n) is 1.19. The van der Waals surface area contributed by atoms with Gasteiger partial charge in [0, 0.05) is 5.57 Å². The van der Waals surface area contributed by atoms with Gasteiger partial charge in [-0.15, -0.1) is 0 Å². The lowest BCUT2D eigenvalue weighted by Crippen LogP contribution is -2.14. The van der Waals surface area contributed by atoms with Crippen LogP contribution in [0.5, 0.6) is 0 Å². The van der Waals surface area contributed by atoms with Crippen molar-refractivity contribution in [3.8, 4) is 0 Å². The molecule has 0 aromatic rings. The van der Waals surface area contributed by atoms with Crippen molar-refractivity contribution in [1.82, 2.24) is 0 Å². The molecule has 0 bridgehead atoms. The lowest BCUT2D eigenvalue weighted by atomic mass is 10.1. The summed E-state index contributed by atoms with van der Waals surface area (Å²) >= 11 is 0. The molecule has 4 heteroatoms. The van der Waals surface area contributed by atoms with Crippen LogP contribution < -0.4 is 0 Å². The summed E-state index contributed by atoms with van der Waals surface area (Å²) in [6.45, 7) is 7.95. The number of hydrogen-bond donors (Lipinski definition) is 0. The van der Waals surface area contributed by atoms with Gasteiger partial charge in [-0.1, -0.05) is 19.9 Å². The molecule has 16 heavy (non-hydrogen) atoms. The highest BCUT2D eigenvalue weighted by Crippen LogP contribution is 2.10. The van der Waals surface area contributed by atoms with Crippen LogP contribution in [0.25, 0.3) is 0 Å². The van der Waals surface area contributed by atoms with Crippen molar-refractivity contribution < 1.29 is 19.1 Å². The van der Waals surface area contributed by atoms with E-state index in [1.165, 1.54) is 0 Å². The first-order valence-corrected chi connectivity index (χ1v) is 5.54. The second-order valence-electron chi connectivity index (χ2n) is 3.64. The van der Waals surface area contributed by atoms with Gasteiger partial charge in [0.25, 0.3) is 0 Å². The lowest BCUT2D eigenvalue weighted by Gasteiger charge is -2.08. The Morgan fingerprint density at radius 2 is 1.69 bits per heavy atom. The first-order chi connectivity index (χ1) is 7.51. The molecular formula is C12H20O4. The second-order valence-corrected chi connectivity index (χ2v) is 3.64. The number of carbonyl (C=O) groups excluding carboxylic acids is 2. The fraction of sp³-hybridized carbons (Fsp3) is 0.667. The normalized spacial score (nSPS) is 11.4. The molecule has 0 spiro atoms. The molecule has 0 aliphatic heterocycles. The number of ether oxygens (including phenoxy) is 2. The standard InChI is InChI=1S/C12H20O4/c1-5-15-11(13)8-10(7-9(3)4)12(14)16-6-2/h7,9H,5-6,8H2,1-4H3. The summed E-state index contributed by atoms with van der Waals surface area (Å²) in [6, 6.07) is 0. The van der Waals surface area contributed by atoms with Crippen LogP contribution in [-0.2, 0) is 19.1 Å². The first kappa shape index (κ1) is 14.7. The summed E-state index contributed by atoms with van der Waals surface area (Å²) in [7, 11) is 0. The molecule has 92 valence electrons. The van der Waals surface area contributed by atoms with E-state index in [4.69, 9.17) is 9.47 Å². The van der Waals surface area contributed by atoms with Crippen LogP contribution >= 0.6 is 0 Å². The van der Waals surface area contributed by atoms with E-state index in [9.17, 15) is 9.59 Å². The van der Waals surface area contributed by atoms with Crippen molar-refractivity contribution in [2.24, 2.45) is 5.92 Å². The number of esters is 2. The minimum atomic E-state index is -0.441. The van der Waals surface area contributed by atoms with Crippen molar-refractivity contribution in [2.45, 2.75) is 34.1 Å². The Kier molecular flexibility index (Phi) is 7.25. The van der Waals surface area contributed by atoms with Gasteiger partial charge < -0.3 is 9.47 Å². The Morgan fingerprint density at radius 1 is 1.12 bits per heavy atom. The number of allylic oxidation sites excluding steroid dienone is 1. The molecule has 0 atom stereocenters. The largest absolute Gasteiger partial charge is 0.466 e. The van der Waals surface area contributed by atoms with Gasteiger partial charge in [0.15, 0.2) is 0 Å². The maximum atomic E-state index is 11.5. The van der Waals surface area contributed by atoms with Crippen molar-refractivity contribution >= 4 is 11.9 Å². The predicted molar refractivity (Wildman–Crippen MR) is 60.8 cm³/mol. The summed E-state index contributed by atoms with van der Waals surface area (Å²) in [4.78, 5) is 22.8. The number of hydrogen-bond acceptors (Lipinski definition) is 4. The molecule has 0 saturated carbocycles. The molecule has 0 aromatic heterocycles. The lowest BCUT2D eigenvalue weighted by molar-refractivity contribution is -0.145. The van der Waals surface area contributed by atoms with Crippen molar-refractivity contribution in [3.05, 3.63) is 11.6 Å². The summed E-state index contributed by atoms with van der Waals surface area (Å²) in [5.74, 6) is -0.652. The molecule has 0 rings (SSSR count). The molecule has 0 N–H and O–H groups in total. The van der Waals surface area contributed by atoms with E-state index in [1.807, 2.05) is 13.8 Å². The molecular weight excluding hydrogens is 208 g/mol. The minimum Gasteiger partial charge on any atom is -0.466 e. The Labute approximate surface area is 96.6 Å². The van der Waals surface area contributed by atoms with Gasteiger partial charge in [0.2, 0.25) is 0 Å². The highest BCUT2D eigenvalue weighted by molar-refractivity contribution is 5.93. The highest BCUT2D eigenvalue weighted by atomic mass is 16.5. The van der Waals surface area contributed by atoms with Gasteiger partial charge in [0.1, 0.15) is 0 Å². The summed E-state index contributed by atoms with van der Waals surface area (Å²) in [5.41, 5.74) is 0.371. The van der Waals surface area contributed by atoms with Crippen LogP contribution in [0.3, 0.4) is 0 Å². The third-order valence-electron chi connectivity index (χ3n) is 1.71. The van der Waals surface area contributed by atoms with Gasteiger partial charge in [-0.05, 0) is 19.8 Å². The smallest absolute Gasteiger partial charge is 0.334 e. The third-order valence-corrected chi connectivity index (χ3v) is 1.71. The monoisotopic (exact) mass is 228 g/mol. The topological polar surface area (TPSA) is 52.6 Å². The Balaban J connectivity index is 4.56. The van der Waals surface area contributed by atoms with E-state index in [0.29, 0.717) is 18.8 Å². The molecule has 0 amide bonds. The predicted octanol–water partition coefficient (Wildman–Crippen LogP) is 2.09. The van der Waals surface area contributed by atoms with Crippen LogP contribution in [0.2, 0.25) is 0 Å². The van der Waals surface area contributed by atoms with Crippen LogP contribution in [0.4, 0.5) is 0 Å². The van der Waals surface area contributed by atoms with Crippen LogP contribution in [0.1, 0.15) is 34.1 Å². The van der Waals surface area contributed by atoms with E-state index in [1.54, 1.807) is 19.9 Å². The van der Waals surface area contributed by atoms with Gasteiger partial charge in [-0.3, -0.25) is 4.79 Å². The summed E-state index contributed by atoms with van der Waals surface area (Å²) < 4.78 is 9.66. The highest BCUT2D eigenvalue weighted by Gasteiger charge is 2.16.